The van der Waals surface area contributed by atoms with E-state index in [0.717, 1.165) is 39.3 Å². The first-order chi connectivity index (χ1) is 8.80. The molecule has 0 spiro atoms. The molecule has 0 aromatic rings. The second-order valence-electron chi connectivity index (χ2n) is 4.89. The van der Waals surface area contributed by atoms with Crippen LogP contribution in [0.5, 0.6) is 0 Å². The minimum Gasteiger partial charge on any atom is -1.00 e. The fourth-order valence-electron chi connectivity index (χ4n) is 1.43. The number of nitrogens with zero attached hydrogens (tertiary/aromatic N) is 3. The first-order valence-corrected chi connectivity index (χ1v) is 7.07. The van der Waals surface area contributed by atoms with Gasteiger partial charge >= 0.3 is 17.1 Å². The summed E-state index contributed by atoms with van der Waals surface area (Å²) >= 11 is 0. The quantitative estimate of drug-likeness (QED) is 0.307. The Hall–Kier alpha value is 0.859. The van der Waals surface area contributed by atoms with Crippen molar-refractivity contribution in [2.75, 3.05) is 78.5 Å². The summed E-state index contributed by atoms with van der Waals surface area (Å²) in [4.78, 5) is 6.92. The Morgan fingerprint density at radius 1 is 0.524 bits per heavy atom. The van der Waals surface area contributed by atoms with E-state index >= 15 is 0 Å². The molecule has 0 aromatic carbocycles. The zero-order chi connectivity index (χ0) is 13.2. The topological polar surface area (TPSA) is 87.1 Å². The van der Waals surface area contributed by atoms with Crippen LogP contribution >= 0.6 is 0 Å². The average Bonchev–Trinajstić information content (AvgIpc) is 3.17. The van der Waals surface area contributed by atoms with Gasteiger partial charge < -0.3 is 42.0 Å². The fraction of sp³-hybridized carbons (Fsp3) is 1.00. The molecule has 3 aliphatic rings. The molecule has 133 valence electrons. The predicted octanol–water partition coefficient (Wildman–Crippen LogP) is -8.21. The van der Waals surface area contributed by atoms with Crippen LogP contribution < -0.4 is 42.0 Å². The minimum absolute atomic E-state index is 0. The Labute approximate surface area is 152 Å². The maximum absolute atomic E-state index is 5.23. The molecule has 3 rings (SSSR count). The molecule has 9 heteroatoms. The van der Waals surface area contributed by atoms with Gasteiger partial charge in [-0.25, -0.2) is 0 Å². The van der Waals surface area contributed by atoms with E-state index < -0.39 is 0 Å². The van der Waals surface area contributed by atoms with Crippen molar-refractivity contribution in [1.82, 2.24) is 14.7 Å². The van der Waals surface area contributed by atoms with Crippen LogP contribution in [0.25, 0.3) is 0 Å². The fourth-order valence-corrected chi connectivity index (χ4v) is 1.43. The molecule has 21 heavy (non-hydrogen) atoms. The van der Waals surface area contributed by atoms with Crippen molar-refractivity contribution in [2.45, 2.75) is 0 Å². The van der Waals surface area contributed by atoms with Gasteiger partial charge in [-0.1, -0.05) is 0 Å². The Bertz CT molecular complexity index is 171. The number of halogens is 2. The van der Waals surface area contributed by atoms with E-state index in [4.69, 9.17) is 17.2 Å². The van der Waals surface area contributed by atoms with Crippen LogP contribution in [-0.2, 0) is 17.1 Å². The number of nitrogens with two attached hydrogens (primary N) is 3. The predicted molar refractivity (Wildman–Crippen MR) is 76.5 cm³/mol. The van der Waals surface area contributed by atoms with E-state index in [2.05, 4.69) is 14.7 Å². The van der Waals surface area contributed by atoms with Gasteiger partial charge in [0.2, 0.25) is 0 Å². The summed E-state index contributed by atoms with van der Waals surface area (Å²) < 4.78 is 0. The van der Waals surface area contributed by atoms with Crippen molar-refractivity contribution in [3.8, 4) is 0 Å². The van der Waals surface area contributed by atoms with Gasteiger partial charge in [0.15, 0.2) is 0 Å². The van der Waals surface area contributed by atoms with Crippen molar-refractivity contribution in [1.29, 1.82) is 0 Å². The minimum atomic E-state index is 0. The van der Waals surface area contributed by atoms with E-state index in [9.17, 15) is 0 Å². The summed E-state index contributed by atoms with van der Waals surface area (Å²) in [5.41, 5.74) is 15.7. The number of hydrogen-bond donors (Lipinski definition) is 3. The molecule has 6 nitrogen and oxygen atoms in total. The molecular formula is C12H30Cl2CuN6. The van der Waals surface area contributed by atoms with E-state index in [1.54, 1.807) is 0 Å². The van der Waals surface area contributed by atoms with Gasteiger partial charge in [0.25, 0.3) is 0 Å². The van der Waals surface area contributed by atoms with Crippen molar-refractivity contribution < 1.29 is 41.9 Å². The van der Waals surface area contributed by atoms with Crippen LogP contribution in [0.1, 0.15) is 0 Å². The molecule has 0 atom stereocenters. The standard InChI is InChI=1S/3C4H10N2.2ClH.Cu/c3*5-1-2-6-3-4-6;;;/h3*1-5H2;2*1H;/q;;;;;+2/p-2. The van der Waals surface area contributed by atoms with Crippen molar-refractivity contribution in [3.05, 3.63) is 0 Å². The van der Waals surface area contributed by atoms with Gasteiger partial charge in [-0.2, -0.15) is 0 Å². The largest absolute Gasteiger partial charge is 2.00 e. The summed E-state index contributed by atoms with van der Waals surface area (Å²) in [5.74, 6) is 0. The summed E-state index contributed by atoms with van der Waals surface area (Å²) in [6.07, 6.45) is 0. The third kappa shape index (κ3) is 20.9. The van der Waals surface area contributed by atoms with Crippen LogP contribution in [0.15, 0.2) is 0 Å². The zero-order valence-electron chi connectivity index (χ0n) is 12.6. The molecule has 0 aromatic heterocycles. The molecule has 0 amide bonds. The van der Waals surface area contributed by atoms with Crippen LogP contribution in [0.4, 0.5) is 0 Å². The second kappa shape index (κ2) is 17.2. The zero-order valence-corrected chi connectivity index (χ0v) is 15.1. The second-order valence-corrected chi connectivity index (χ2v) is 4.89. The molecule has 1 radical (unpaired) electrons. The Kier molecular flexibility index (Phi) is 21.9. The van der Waals surface area contributed by atoms with Gasteiger partial charge in [-0.05, 0) is 0 Å². The molecular weight excluding hydrogens is 363 g/mol. The molecule has 0 unspecified atom stereocenters. The van der Waals surface area contributed by atoms with Gasteiger partial charge in [0.05, 0.1) is 0 Å². The van der Waals surface area contributed by atoms with E-state index in [-0.39, 0.29) is 41.9 Å². The maximum Gasteiger partial charge on any atom is 2.00 e. The van der Waals surface area contributed by atoms with Crippen molar-refractivity contribution in [2.24, 2.45) is 17.2 Å². The molecule has 6 N–H and O–H groups in total. The summed E-state index contributed by atoms with van der Waals surface area (Å²) in [6.45, 7) is 13.4. The van der Waals surface area contributed by atoms with Crippen LogP contribution in [0, 0.1) is 0 Å². The maximum atomic E-state index is 5.23. The normalized spacial score (nSPS) is 18.4. The molecule has 3 heterocycles. The number of hydrogen-bond acceptors (Lipinski definition) is 6. The SMILES string of the molecule is NCCN1CC1.NCCN1CC1.NCCN1CC1.[Cl-].[Cl-].[Cu+2]. The molecule has 0 aliphatic carbocycles. The monoisotopic (exact) mass is 391 g/mol. The smallest absolute Gasteiger partial charge is 1.00 e. The van der Waals surface area contributed by atoms with E-state index in [1.807, 2.05) is 0 Å². The van der Waals surface area contributed by atoms with Crippen LogP contribution in [-0.4, -0.2) is 93.2 Å². The van der Waals surface area contributed by atoms with Gasteiger partial charge in [-0.3, -0.25) is 14.7 Å². The Morgan fingerprint density at radius 2 is 0.714 bits per heavy atom. The first kappa shape index (κ1) is 26.7. The summed E-state index contributed by atoms with van der Waals surface area (Å²) in [7, 11) is 0. The molecule has 0 saturated carbocycles. The van der Waals surface area contributed by atoms with Crippen LogP contribution in [0.2, 0.25) is 0 Å². The third-order valence-electron chi connectivity index (χ3n) is 2.96. The first-order valence-electron chi connectivity index (χ1n) is 7.07. The third-order valence-corrected chi connectivity index (χ3v) is 2.96. The van der Waals surface area contributed by atoms with Gasteiger partial charge in [-0.15, -0.1) is 0 Å². The van der Waals surface area contributed by atoms with Crippen molar-refractivity contribution >= 4 is 0 Å². The molecule has 0 bridgehead atoms. The van der Waals surface area contributed by atoms with Gasteiger partial charge in [0.1, 0.15) is 0 Å². The Morgan fingerprint density at radius 3 is 0.762 bits per heavy atom. The van der Waals surface area contributed by atoms with E-state index in [1.165, 1.54) is 39.3 Å². The van der Waals surface area contributed by atoms with Crippen molar-refractivity contribution in [3.63, 3.8) is 0 Å². The summed E-state index contributed by atoms with van der Waals surface area (Å²) in [6, 6.07) is 0. The van der Waals surface area contributed by atoms with Crippen LogP contribution in [0.3, 0.4) is 0 Å². The molecule has 3 saturated heterocycles. The average molecular weight is 393 g/mol. The molecule has 3 fully saturated rings. The van der Waals surface area contributed by atoms with E-state index in [0.29, 0.717) is 0 Å². The molecule has 3 aliphatic heterocycles. The summed E-state index contributed by atoms with van der Waals surface area (Å²) in [5, 5.41) is 0. The van der Waals surface area contributed by atoms with Gasteiger partial charge in [0, 0.05) is 78.5 Å². The number of rotatable bonds is 6. The Balaban J connectivity index is -0.000000216.